The summed E-state index contributed by atoms with van der Waals surface area (Å²) >= 11 is 1.49. The Hall–Kier alpha value is -3.22. The molecule has 4 rings (SSSR count). The molecule has 4 aromatic rings. The number of para-hydroxylation sites is 1. The second kappa shape index (κ2) is 9.07. The van der Waals surface area contributed by atoms with Crippen molar-refractivity contribution in [2.75, 3.05) is 6.61 Å². The molecule has 0 saturated heterocycles. The molecule has 1 unspecified atom stereocenters. The van der Waals surface area contributed by atoms with Gasteiger partial charge in [-0.3, -0.25) is 9.36 Å². The fourth-order valence-corrected chi connectivity index (χ4v) is 4.26. The number of hydrogen-bond acceptors (Lipinski definition) is 5. The van der Waals surface area contributed by atoms with Gasteiger partial charge in [0.1, 0.15) is 23.3 Å². The lowest BCUT2D eigenvalue weighted by atomic mass is 10.1. The van der Waals surface area contributed by atoms with Crippen LogP contribution >= 0.6 is 11.3 Å². The number of benzene rings is 2. The van der Waals surface area contributed by atoms with Crippen LogP contribution < -0.4 is 10.3 Å². The van der Waals surface area contributed by atoms with E-state index in [1.165, 1.54) is 22.2 Å². The van der Waals surface area contributed by atoms with Crippen molar-refractivity contribution in [2.45, 2.75) is 19.1 Å². The van der Waals surface area contributed by atoms with Crippen LogP contribution in [0.5, 0.6) is 5.75 Å². The standard InChI is InChI=1S/C24H22N2O3S/c1-2-8-17-9-6-7-12-21(17)29-15-19(27)14-26-16-25-23-20(24(26)28)13-22(30-23)18-10-4-3-5-11-18/h2-7,9-13,16,19,27H,1,8,14-15H2. The average molecular weight is 419 g/mol. The Balaban J connectivity index is 1.49. The normalized spacial score (nSPS) is 12.0. The maximum atomic E-state index is 12.9. The molecule has 1 atom stereocenters. The topological polar surface area (TPSA) is 64.3 Å². The maximum Gasteiger partial charge on any atom is 0.262 e. The number of fused-ring (bicyclic) bond motifs is 1. The zero-order valence-electron chi connectivity index (χ0n) is 16.4. The van der Waals surface area contributed by atoms with Gasteiger partial charge in [-0.25, -0.2) is 4.98 Å². The molecule has 0 aliphatic heterocycles. The lowest BCUT2D eigenvalue weighted by Gasteiger charge is -2.15. The molecular weight excluding hydrogens is 396 g/mol. The second-order valence-corrected chi connectivity index (χ2v) is 7.99. The summed E-state index contributed by atoms with van der Waals surface area (Å²) in [4.78, 5) is 19.0. The van der Waals surface area contributed by atoms with Crippen LogP contribution in [0.15, 0.2) is 84.4 Å². The van der Waals surface area contributed by atoms with Crippen LogP contribution in [0, 0.1) is 0 Å². The smallest absolute Gasteiger partial charge is 0.262 e. The second-order valence-electron chi connectivity index (χ2n) is 6.96. The third-order valence-corrected chi connectivity index (χ3v) is 5.84. The van der Waals surface area contributed by atoms with Gasteiger partial charge in [-0.15, -0.1) is 17.9 Å². The lowest BCUT2D eigenvalue weighted by molar-refractivity contribution is 0.0911. The number of nitrogens with zero attached hydrogens (tertiary/aromatic N) is 2. The molecule has 6 heteroatoms. The van der Waals surface area contributed by atoms with Gasteiger partial charge in [-0.1, -0.05) is 54.6 Å². The fraction of sp³-hybridized carbons (Fsp3) is 0.167. The third-order valence-electron chi connectivity index (χ3n) is 4.75. The molecule has 1 N–H and O–H groups in total. The van der Waals surface area contributed by atoms with Crippen molar-refractivity contribution >= 4 is 21.6 Å². The zero-order chi connectivity index (χ0) is 20.9. The first-order valence-electron chi connectivity index (χ1n) is 9.70. The maximum absolute atomic E-state index is 12.9. The first-order valence-corrected chi connectivity index (χ1v) is 10.5. The van der Waals surface area contributed by atoms with Gasteiger partial charge in [0, 0.05) is 4.88 Å². The minimum atomic E-state index is -0.842. The average Bonchev–Trinajstić information content (AvgIpc) is 3.21. The highest BCUT2D eigenvalue weighted by atomic mass is 32.1. The monoisotopic (exact) mass is 418 g/mol. The van der Waals surface area contributed by atoms with Crippen molar-refractivity contribution in [1.29, 1.82) is 0 Å². The van der Waals surface area contributed by atoms with Crippen LogP contribution in [0.3, 0.4) is 0 Å². The molecule has 2 heterocycles. The van der Waals surface area contributed by atoms with E-state index in [9.17, 15) is 9.90 Å². The number of ether oxygens (including phenoxy) is 1. The van der Waals surface area contributed by atoms with Crippen LogP contribution in [0.4, 0.5) is 0 Å². The summed E-state index contributed by atoms with van der Waals surface area (Å²) in [5.74, 6) is 0.711. The minimum Gasteiger partial charge on any atom is -0.491 e. The predicted octanol–water partition coefficient (Wildman–Crippen LogP) is 4.29. The molecule has 0 spiro atoms. The Kier molecular flexibility index (Phi) is 6.07. The molecule has 0 aliphatic carbocycles. The van der Waals surface area contributed by atoms with E-state index in [4.69, 9.17) is 4.74 Å². The van der Waals surface area contributed by atoms with Gasteiger partial charge in [0.25, 0.3) is 5.56 Å². The number of thiophene rings is 1. The SMILES string of the molecule is C=CCc1ccccc1OCC(O)Cn1cnc2sc(-c3ccccc3)cc2c1=O. The van der Waals surface area contributed by atoms with Crippen molar-refractivity contribution in [1.82, 2.24) is 9.55 Å². The highest BCUT2D eigenvalue weighted by Gasteiger charge is 2.14. The first kappa shape index (κ1) is 20.1. The number of allylic oxidation sites excluding steroid dienone is 1. The van der Waals surface area contributed by atoms with Gasteiger partial charge < -0.3 is 9.84 Å². The fourth-order valence-electron chi connectivity index (χ4n) is 3.27. The van der Waals surface area contributed by atoms with E-state index in [-0.39, 0.29) is 18.7 Å². The van der Waals surface area contributed by atoms with E-state index in [0.29, 0.717) is 22.4 Å². The summed E-state index contributed by atoms with van der Waals surface area (Å²) in [6.45, 7) is 3.95. The lowest BCUT2D eigenvalue weighted by Crippen LogP contribution is -2.30. The molecule has 0 amide bonds. The summed E-state index contributed by atoms with van der Waals surface area (Å²) in [6, 6.07) is 19.4. The van der Waals surface area contributed by atoms with Crippen molar-refractivity contribution in [3.05, 3.63) is 95.6 Å². The molecule has 2 aromatic heterocycles. The van der Waals surface area contributed by atoms with E-state index in [0.717, 1.165) is 16.0 Å². The first-order chi connectivity index (χ1) is 14.7. The number of aliphatic hydroxyl groups is 1. The summed E-state index contributed by atoms with van der Waals surface area (Å²) in [6.07, 6.45) is 3.15. The van der Waals surface area contributed by atoms with Gasteiger partial charge in [-0.05, 0) is 29.7 Å². The van der Waals surface area contributed by atoms with Gasteiger partial charge in [-0.2, -0.15) is 0 Å². The molecule has 152 valence electrons. The molecule has 0 radical (unpaired) electrons. The number of rotatable bonds is 8. The Morgan fingerprint density at radius 3 is 2.73 bits per heavy atom. The predicted molar refractivity (Wildman–Crippen MR) is 121 cm³/mol. The van der Waals surface area contributed by atoms with Gasteiger partial charge in [0.2, 0.25) is 0 Å². The van der Waals surface area contributed by atoms with Crippen LogP contribution in [0.2, 0.25) is 0 Å². The Morgan fingerprint density at radius 2 is 1.93 bits per heavy atom. The highest BCUT2D eigenvalue weighted by Crippen LogP contribution is 2.30. The molecular formula is C24H22N2O3S. The molecule has 0 saturated carbocycles. The molecule has 0 fully saturated rings. The van der Waals surface area contributed by atoms with E-state index >= 15 is 0 Å². The Labute approximate surface area is 178 Å². The highest BCUT2D eigenvalue weighted by molar-refractivity contribution is 7.21. The number of aliphatic hydroxyl groups excluding tert-OH is 1. The number of hydrogen-bond donors (Lipinski definition) is 1. The van der Waals surface area contributed by atoms with Crippen molar-refractivity contribution in [2.24, 2.45) is 0 Å². The molecule has 2 aromatic carbocycles. The summed E-state index contributed by atoms with van der Waals surface area (Å²) in [5.41, 5.74) is 1.90. The van der Waals surface area contributed by atoms with E-state index in [2.05, 4.69) is 11.6 Å². The molecule has 0 bridgehead atoms. The molecule has 0 aliphatic rings. The molecule has 30 heavy (non-hydrogen) atoms. The van der Waals surface area contributed by atoms with E-state index < -0.39 is 6.10 Å². The van der Waals surface area contributed by atoms with Crippen LogP contribution in [-0.4, -0.2) is 27.4 Å². The van der Waals surface area contributed by atoms with Crippen LogP contribution in [0.25, 0.3) is 20.7 Å². The Bertz CT molecular complexity index is 1210. The minimum absolute atomic E-state index is 0.0809. The Morgan fingerprint density at radius 1 is 1.17 bits per heavy atom. The third kappa shape index (κ3) is 4.35. The van der Waals surface area contributed by atoms with Crippen molar-refractivity contribution < 1.29 is 9.84 Å². The van der Waals surface area contributed by atoms with E-state index in [1.807, 2.05) is 66.7 Å². The number of aromatic nitrogens is 2. The summed E-state index contributed by atoms with van der Waals surface area (Å²) < 4.78 is 7.22. The van der Waals surface area contributed by atoms with E-state index in [1.54, 1.807) is 0 Å². The van der Waals surface area contributed by atoms with Crippen molar-refractivity contribution in [3.63, 3.8) is 0 Å². The quantitative estimate of drug-likeness (QED) is 0.434. The van der Waals surface area contributed by atoms with Crippen molar-refractivity contribution in [3.8, 4) is 16.2 Å². The summed E-state index contributed by atoms with van der Waals surface area (Å²) in [7, 11) is 0. The van der Waals surface area contributed by atoms with Crippen LogP contribution in [-0.2, 0) is 13.0 Å². The zero-order valence-corrected chi connectivity index (χ0v) is 17.2. The molecule has 5 nitrogen and oxygen atoms in total. The van der Waals surface area contributed by atoms with Gasteiger partial charge in [0.05, 0.1) is 18.3 Å². The van der Waals surface area contributed by atoms with Gasteiger partial charge in [0.15, 0.2) is 0 Å². The van der Waals surface area contributed by atoms with Gasteiger partial charge >= 0.3 is 0 Å². The summed E-state index contributed by atoms with van der Waals surface area (Å²) in [5, 5.41) is 11.0. The van der Waals surface area contributed by atoms with Crippen LogP contribution in [0.1, 0.15) is 5.56 Å². The largest absolute Gasteiger partial charge is 0.491 e.